The van der Waals surface area contributed by atoms with Crippen molar-refractivity contribution in [1.82, 2.24) is 10.2 Å². The van der Waals surface area contributed by atoms with Crippen molar-refractivity contribution < 1.29 is 4.74 Å². The van der Waals surface area contributed by atoms with Crippen molar-refractivity contribution in [2.75, 3.05) is 34.4 Å². The summed E-state index contributed by atoms with van der Waals surface area (Å²) >= 11 is 0. The van der Waals surface area contributed by atoms with Crippen LogP contribution in [0.15, 0.2) is 0 Å². The largest absolute Gasteiger partial charge is 0.385 e. The van der Waals surface area contributed by atoms with E-state index >= 15 is 0 Å². The van der Waals surface area contributed by atoms with Gasteiger partial charge in [0.05, 0.1) is 0 Å². The van der Waals surface area contributed by atoms with Crippen molar-refractivity contribution in [2.45, 2.75) is 52.1 Å². The van der Waals surface area contributed by atoms with Crippen LogP contribution in [0.3, 0.4) is 0 Å². The van der Waals surface area contributed by atoms with Gasteiger partial charge in [0.2, 0.25) is 0 Å². The summed E-state index contributed by atoms with van der Waals surface area (Å²) in [5.41, 5.74) is 0. The molecule has 2 atom stereocenters. The van der Waals surface area contributed by atoms with Crippen LogP contribution in [0.4, 0.5) is 0 Å². The van der Waals surface area contributed by atoms with E-state index in [4.69, 9.17) is 4.74 Å². The van der Waals surface area contributed by atoms with E-state index in [0.29, 0.717) is 12.1 Å². The van der Waals surface area contributed by atoms with Crippen molar-refractivity contribution in [1.29, 1.82) is 0 Å². The predicted octanol–water partition coefficient (Wildman–Crippen LogP) is 2.37. The number of rotatable bonds is 10. The van der Waals surface area contributed by atoms with Crippen molar-refractivity contribution in [2.24, 2.45) is 5.92 Å². The number of ether oxygens (including phenoxy) is 1. The number of likely N-dealkylation sites (N-methyl/N-ethyl adjacent to an activating group) is 1. The van der Waals surface area contributed by atoms with Gasteiger partial charge in [-0.2, -0.15) is 0 Å². The molecule has 3 heteroatoms. The molecule has 0 bridgehead atoms. The minimum absolute atomic E-state index is 0.534. The van der Waals surface area contributed by atoms with Gasteiger partial charge in [-0.05, 0) is 33.4 Å². The van der Waals surface area contributed by atoms with Crippen LogP contribution in [-0.2, 0) is 4.74 Å². The van der Waals surface area contributed by atoms with Crippen LogP contribution in [0, 0.1) is 5.92 Å². The Balaban J connectivity index is 4.08. The second-order valence-electron chi connectivity index (χ2n) is 5.20. The lowest BCUT2D eigenvalue weighted by atomic mass is 9.93. The first kappa shape index (κ1) is 16.9. The molecule has 0 aromatic rings. The third-order valence-corrected chi connectivity index (χ3v) is 3.69. The third kappa shape index (κ3) is 7.02. The summed E-state index contributed by atoms with van der Waals surface area (Å²) in [6.45, 7) is 8.73. The Morgan fingerprint density at radius 3 is 2.18 bits per heavy atom. The highest BCUT2D eigenvalue weighted by Crippen LogP contribution is 2.16. The smallest absolute Gasteiger partial charge is 0.0476 e. The summed E-state index contributed by atoms with van der Waals surface area (Å²) in [6, 6.07) is 1.17. The van der Waals surface area contributed by atoms with Gasteiger partial charge in [0.25, 0.3) is 0 Å². The molecule has 1 N–H and O–H groups in total. The van der Waals surface area contributed by atoms with Gasteiger partial charge >= 0.3 is 0 Å². The van der Waals surface area contributed by atoms with Gasteiger partial charge in [0.1, 0.15) is 0 Å². The second-order valence-corrected chi connectivity index (χ2v) is 5.20. The van der Waals surface area contributed by atoms with E-state index in [-0.39, 0.29) is 0 Å². The first-order valence-electron chi connectivity index (χ1n) is 6.95. The van der Waals surface area contributed by atoms with Crippen molar-refractivity contribution in [3.05, 3.63) is 0 Å². The molecular weight excluding hydrogens is 212 g/mol. The average molecular weight is 244 g/mol. The van der Waals surface area contributed by atoms with E-state index in [9.17, 15) is 0 Å². The molecule has 0 aliphatic rings. The topological polar surface area (TPSA) is 24.5 Å². The summed E-state index contributed by atoms with van der Waals surface area (Å²) in [6.07, 6.45) is 3.60. The molecule has 3 nitrogen and oxygen atoms in total. The van der Waals surface area contributed by atoms with Gasteiger partial charge in [0, 0.05) is 32.3 Å². The Labute approximate surface area is 108 Å². The van der Waals surface area contributed by atoms with Gasteiger partial charge in [-0.3, -0.25) is 0 Å². The number of hydrogen-bond donors (Lipinski definition) is 1. The monoisotopic (exact) mass is 244 g/mol. The molecule has 0 aromatic carbocycles. The Morgan fingerprint density at radius 1 is 1.18 bits per heavy atom. The molecule has 0 aliphatic carbocycles. The second kappa shape index (κ2) is 9.86. The predicted molar refractivity (Wildman–Crippen MR) is 75.5 cm³/mol. The van der Waals surface area contributed by atoms with E-state index in [2.05, 4.69) is 45.1 Å². The van der Waals surface area contributed by atoms with Gasteiger partial charge in [-0.25, -0.2) is 0 Å². The lowest BCUT2D eigenvalue weighted by Gasteiger charge is -2.32. The number of hydrogen-bond acceptors (Lipinski definition) is 3. The first-order valence-corrected chi connectivity index (χ1v) is 6.95. The first-order chi connectivity index (χ1) is 8.06. The van der Waals surface area contributed by atoms with E-state index in [1.54, 1.807) is 7.11 Å². The fourth-order valence-corrected chi connectivity index (χ4v) is 2.32. The molecule has 104 valence electrons. The Kier molecular flexibility index (Phi) is 9.79. The van der Waals surface area contributed by atoms with Gasteiger partial charge in [-0.1, -0.05) is 26.7 Å². The maximum atomic E-state index is 5.11. The minimum Gasteiger partial charge on any atom is -0.385 e. The van der Waals surface area contributed by atoms with Crippen LogP contribution in [0.1, 0.15) is 40.0 Å². The summed E-state index contributed by atoms with van der Waals surface area (Å²) in [7, 11) is 6.13. The molecule has 0 saturated heterocycles. The van der Waals surface area contributed by atoms with Crippen molar-refractivity contribution >= 4 is 0 Å². The van der Waals surface area contributed by atoms with Gasteiger partial charge in [-0.15, -0.1) is 0 Å². The minimum atomic E-state index is 0.534. The van der Waals surface area contributed by atoms with E-state index in [1.807, 2.05) is 0 Å². The molecule has 0 amide bonds. The fraction of sp³-hybridized carbons (Fsp3) is 1.00. The molecule has 0 aromatic heterocycles. The Morgan fingerprint density at radius 2 is 1.76 bits per heavy atom. The van der Waals surface area contributed by atoms with E-state index in [0.717, 1.165) is 25.5 Å². The molecule has 0 spiro atoms. The highest BCUT2D eigenvalue weighted by molar-refractivity contribution is 4.78. The zero-order valence-corrected chi connectivity index (χ0v) is 12.6. The third-order valence-electron chi connectivity index (χ3n) is 3.69. The van der Waals surface area contributed by atoms with Crippen LogP contribution in [-0.4, -0.2) is 51.3 Å². The number of nitrogens with one attached hydrogen (secondary N) is 1. The zero-order chi connectivity index (χ0) is 13.3. The molecule has 2 unspecified atom stereocenters. The van der Waals surface area contributed by atoms with Crippen LogP contribution in [0.5, 0.6) is 0 Å². The quantitative estimate of drug-likeness (QED) is 0.638. The molecule has 0 fully saturated rings. The molecule has 0 saturated carbocycles. The summed E-state index contributed by atoms with van der Waals surface area (Å²) in [4.78, 5) is 2.35. The van der Waals surface area contributed by atoms with Crippen LogP contribution in [0.25, 0.3) is 0 Å². The fourth-order valence-electron chi connectivity index (χ4n) is 2.32. The van der Waals surface area contributed by atoms with Gasteiger partial charge in [0.15, 0.2) is 0 Å². The lowest BCUT2D eigenvalue weighted by molar-refractivity contribution is 0.170. The molecule has 0 rings (SSSR count). The maximum absolute atomic E-state index is 5.11. The summed E-state index contributed by atoms with van der Waals surface area (Å²) in [5.74, 6) is 0.784. The molecule has 0 heterocycles. The summed E-state index contributed by atoms with van der Waals surface area (Å²) < 4.78 is 5.11. The molecule has 0 radical (unpaired) electrons. The Bertz CT molecular complexity index is 170. The van der Waals surface area contributed by atoms with Crippen molar-refractivity contribution in [3.8, 4) is 0 Å². The highest BCUT2D eigenvalue weighted by atomic mass is 16.5. The SMILES string of the molecule is CCC(CC)C(CNC(C)CCOC)N(C)C. The molecule has 17 heavy (non-hydrogen) atoms. The maximum Gasteiger partial charge on any atom is 0.0476 e. The van der Waals surface area contributed by atoms with Crippen molar-refractivity contribution in [3.63, 3.8) is 0 Å². The van der Waals surface area contributed by atoms with Crippen LogP contribution >= 0.6 is 0 Å². The lowest BCUT2D eigenvalue weighted by Crippen LogP contribution is -2.45. The summed E-state index contributed by atoms with van der Waals surface area (Å²) in [5, 5.41) is 3.63. The van der Waals surface area contributed by atoms with Gasteiger partial charge < -0.3 is 15.0 Å². The normalized spacial score (nSPS) is 15.5. The van der Waals surface area contributed by atoms with E-state index in [1.165, 1.54) is 12.8 Å². The zero-order valence-electron chi connectivity index (χ0n) is 12.6. The Hall–Kier alpha value is -0.120. The average Bonchev–Trinajstić information content (AvgIpc) is 2.31. The molecular formula is C14H32N2O. The number of methoxy groups -OCH3 is 1. The number of nitrogens with zero attached hydrogens (tertiary/aromatic N) is 1. The van der Waals surface area contributed by atoms with Crippen LogP contribution < -0.4 is 5.32 Å². The standard InChI is InChI=1S/C14H32N2O/c1-7-13(8-2)14(16(4)5)11-15-12(3)9-10-17-6/h12-15H,7-11H2,1-6H3. The van der Waals surface area contributed by atoms with Crippen LogP contribution in [0.2, 0.25) is 0 Å². The molecule has 0 aliphatic heterocycles. The van der Waals surface area contributed by atoms with E-state index < -0.39 is 0 Å². The highest BCUT2D eigenvalue weighted by Gasteiger charge is 2.20.